The molecule has 3 N–H and O–H groups in total. The SMILES string of the molecule is COc1ccc(S(=O)(=O)NCC(C)(O)C(=O)O)c(Cl)c1Cl. The fourth-order valence-electron chi connectivity index (χ4n) is 1.27. The molecule has 1 rings (SSSR count). The molecule has 10 heteroatoms. The van der Waals surface area contributed by atoms with Crippen LogP contribution in [0.4, 0.5) is 0 Å². The maximum Gasteiger partial charge on any atom is 0.336 e. The van der Waals surface area contributed by atoms with E-state index in [0.717, 1.165) is 13.0 Å². The normalized spacial score (nSPS) is 14.5. The van der Waals surface area contributed by atoms with Gasteiger partial charge in [-0.1, -0.05) is 23.2 Å². The quantitative estimate of drug-likeness (QED) is 0.702. The van der Waals surface area contributed by atoms with Gasteiger partial charge in [0.1, 0.15) is 15.7 Å². The Morgan fingerprint density at radius 2 is 1.95 bits per heavy atom. The van der Waals surface area contributed by atoms with Crippen molar-refractivity contribution in [1.82, 2.24) is 4.72 Å². The highest BCUT2D eigenvalue weighted by Gasteiger charge is 2.32. The number of hydrogen-bond acceptors (Lipinski definition) is 5. The van der Waals surface area contributed by atoms with Gasteiger partial charge in [-0.3, -0.25) is 0 Å². The molecule has 1 unspecified atom stereocenters. The van der Waals surface area contributed by atoms with Gasteiger partial charge in [-0.2, -0.15) is 0 Å². The van der Waals surface area contributed by atoms with Crippen LogP contribution in [0.15, 0.2) is 17.0 Å². The van der Waals surface area contributed by atoms with E-state index in [1.807, 2.05) is 4.72 Å². The van der Waals surface area contributed by atoms with Crippen LogP contribution in [0, 0.1) is 0 Å². The van der Waals surface area contributed by atoms with Crippen LogP contribution in [0.3, 0.4) is 0 Å². The van der Waals surface area contributed by atoms with Crippen LogP contribution in [0.2, 0.25) is 10.0 Å². The lowest BCUT2D eigenvalue weighted by Gasteiger charge is -2.19. The van der Waals surface area contributed by atoms with Crippen molar-refractivity contribution < 1.29 is 28.2 Å². The lowest BCUT2D eigenvalue weighted by molar-refractivity contribution is -0.155. The molecule has 118 valence electrons. The Hall–Kier alpha value is -1.06. The van der Waals surface area contributed by atoms with E-state index in [9.17, 15) is 18.3 Å². The Kier molecular flexibility index (Phi) is 5.46. The van der Waals surface area contributed by atoms with Crippen molar-refractivity contribution in [2.45, 2.75) is 17.4 Å². The number of sulfonamides is 1. The van der Waals surface area contributed by atoms with Gasteiger partial charge in [-0.15, -0.1) is 0 Å². The van der Waals surface area contributed by atoms with E-state index in [-0.39, 0.29) is 20.7 Å². The van der Waals surface area contributed by atoms with Crippen molar-refractivity contribution in [2.24, 2.45) is 0 Å². The Morgan fingerprint density at radius 1 is 1.38 bits per heavy atom. The number of aliphatic carboxylic acids is 1. The number of carboxylic acid groups (broad SMARTS) is 1. The minimum absolute atomic E-state index is 0.0907. The van der Waals surface area contributed by atoms with Crippen LogP contribution >= 0.6 is 23.2 Å². The lowest BCUT2D eigenvalue weighted by atomic mass is 10.1. The third-order valence-electron chi connectivity index (χ3n) is 2.59. The molecule has 0 bridgehead atoms. The monoisotopic (exact) mass is 357 g/mol. The summed E-state index contributed by atoms with van der Waals surface area (Å²) in [5, 5.41) is 17.9. The second-order valence-electron chi connectivity index (χ2n) is 4.30. The average Bonchev–Trinajstić information content (AvgIpc) is 2.39. The maximum atomic E-state index is 12.1. The van der Waals surface area contributed by atoms with Crippen LogP contribution in [0.1, 0.15) is 6.92 Å². The highest BCUT2D eigenvalue weighted by Crippen LogP contribution is 2.36. The number of nitrogens with one attached hydrogen (secondary N) is 1. The Labute approximate surface area is 131 Å². The van der Waals surface area contributed by atoms with E-state index in [1.165, 1.54) is 13.2 Å². The first kappa shape index (κ1) is 18.0. The molecule has 0 amide bonds. The van der Waals surface area contributed by atoms with Gasteiger partial charge in [0.15, 0.2) is 5.60 Å². The topological polar surface area (TPSA) is 113 Å². The third kappa shape index (κ3) is 3.98. The Bertz CT molecular complexity index is 659. The first-order chi connectivity index (χ1) is 9.53. The number of methoxy groups -OCH3 is 1. The van der Waals surface area contributed by atoms with Crippen molar-refractivity contribution in [3.8, 4) is 5.75 Å². The zero-order valence-corrected chi connectivity index (χ0v) is 13.4. The van der Waals surface area contributed by atoms with E-state index in [4.69, 9.17) is 33.0 Å². The number of carboxylic acids is 1. The van der Waals surface area contributed by atoms with Crippen molar-refractivity contribution in [3.05, 3.63) is 22.2 Å². The maximum absolute atomic E-state index is 12.1. The molecule has 0 heterocycles. The van der Waals surface area contributed by atoms with Crippen LogP contribution < -0.4 is 9.46 Å². The van der Waals surface area contributed by atoms with Crippen molar-refractivity contribution in [3.63, 3.8) is 0 Å². The fraction of sp³-hybridized carbons (Fsp3) is 0.364. The first-order valence-corrected chi connectivity index (χ1v) is 7.74. The van der Waals surface area contributed by atoms with E-state index < -0.39 is 28.1 Å². The van der Waals surface area contributed by atoms with Gasteiger partial charge in [-0.25, -0.2) is 17.9 Å². The predicted molar refractivity (Wildman–Crippen MR) is 76.5 cm³/mol. The number of aliphatic hydroxyl groups is 1. The molecular weight excluding hydrogens is 345 g/mol. The minimum Gasteiger partial charge on any atom is -0.495 e. The molecule has 1 atom stereocenters. The van der Waals surface area contributed by atoms with E-state index >= 15 is 0 Å². The molecule has 0 aliphatic heterocycles. The highest BCUT2D eigenvalue weighted by molar-refractivity contribution is 7.89. The largest absolute Gasteiger partial charge is 0.495 e. The number of halogens is 2. The summed E-state index contributed by atoms with van der Waals surface area (Å²) in [7, 11) is -2.81. The second kappa shape index (κ2) is 6.37. The Balaban J connectivity index is 3.10. The molecule has 1 aromatic rings. The predicted octanol–water partition coefficient (Wildman–Crippen LogP) is 1.12. The molecule has 7 nitrogen and oxygen atoms in total. The van der Waals surface area contributed by atoms with Gasteiger partial charge in [0.2, 0.25) is 10.0 Å². The minimum atomic E-state index is -4.15. The van der Waals surface area contributed by atoms with Crippen LogP contribution in [0.5, 0.6) is 5.75 Å². The third-order valence-corrected chi connectivity index (χ3v) is 5.01. The molecular formula is C11H13Cl2NO6S. The summed E-state index contributed by atoms with van der Waals surface area (Å²) >= 11 is 11.7. The smallest absolute Gasteiger partial charge is 0.336 e. The summed E-state index contributed by atoms with van der Waals surface area (Å²) in [5.74, 6) is -1.37. The number of hydrogen-bond donors (Lipinski definition) is 3. The summed E-state index contributed by atoms with van der Waals surface area (Å²) < 4.78 is 31.0. The zero-order chi connectivity index (χ0) is 16.4. The van der Waals surface area contributed by atoms with Crippen molar-refractivity contribution >= 4 is 39.2 Å². The summed E-state index contributed by atoms with van der Waals surface area (Å²) in [5.41, 5.74) is -2.25. The van der Waals surface area contributed by atoms with E-state index in [2.05, 4.69) is 0 Å². The first-order valence-electron chi connectivity index (χ1n) is 5.50. The molecule has 0 aliphatic rings. The summed E-state index contributed by atoms with van der Waals surface area (Å²) in [6.45, 7) is 0.227. The summed E-state index contributed by atoms with van der Waals surface area (Å²) in [6, 6.07) is 2.46. The zero-order valence-electron chi connectivity index (χ0n) is 11.1. The molecule has 0 spiro atoms. The molecule has 0 radical (unpaired) electrons. The number of benzene rings is 1. The number of carbonyl (C=O) groups is 1. The van der Waals surface area contributed by atoms with Gasteiger partial charge in [-0.05, 0) is 19.1 Å². The van der Waals surface area contributed by atoms with Gasteiger partial charge < -0.3 is 14.9 Å². The molecule has 0 aliphatic carbocycles. The van der Waals surface area contributed by atoms with Gasteiger partial charge in [0, 0.05) is 0 Å². The second-order valence-corrected chi connectivity index (χ2v) is 6.79. The van der Waals surface area contributed by atoms with Crippen molar-refractivity contribution in [1.29, 1.82) is 0 Å². The van der Waals surface area contributed by atoms with Crippen molar-refractivity contribution in [2.75, 3.05) is 13.7 Å². The number of ether oxygens (including phenoxy) is 1. The van der Waals surface area contributed by atoms with Gasteiger partial charge in [0.25, 0.3) is 0 Å². The van der Waals surface area contributed by atoms with E-state index in [1.54, 1.807) is 0 Å². The highest BCUT2D eigenvalue weighted by atomic mass is 35.5. The molecule has 0 saturated carbocycles. The fourth-order valence-corrected chi connectivity index (χ4v) is 3.24. The molecule has 21 heavy (non-hydrogen) atoms. The lowest BCUT2D eigenvalue weighted by Crippen LogP contribution is -2.46. The Morgan fingerprint density at radius 3 is 2.43 bits per heavy atom. The van der Waals surface area contributed by atoms with Gasteiger partial charge >= 0.3 is 5.97 Å². The molecule has 0 fully saturated rings. The van der Waals surface area contributed by atoms with Crippen LogP contribution in [-0.2, 0) is 14.8 Å². The molecule has 1 aromatic carbocycles. The van der Waals surface area contributed by atoms with Crippen LogP contribution in [0.25, 0.3) is 0 Å². The van der Waals surface area contributed by atoms with E-state index in [0.29, 0.717) is 0 Å². The van der Waals surface area contributed by atoms with Gasteiger partial charge in [0.05, 0.1) is 18.7 Å². The molecule has 0 aromatic heterocycles. The summed E-state index contributed by atoms with van der Waals surface area (Å²) in [4.78, 5) is 10.4. The standard InChI is InChI=1S/C11H13Cl2NO6S/c1-11(17,10(15)16)5-14-21(18,19)7-4-3-6(20-2)8(12)9(7)13/h3-4,14,17H,5H2,1-2H3,(H,15,16). The van der Waals surface area contributed by atoms with Crippen LogP contribution in [-0.4, -0.2) is 43.9 Å². The number of rotatable bonds is 6. The average molecular weight is 358 g/mol. The summed E-state index contributed by atoms with van der Waals surface area (Å²) in [6.07, 6.45) is 0. The molecule has 0 saturated heterocycles.